The van der Waals surface area contributed by atoms with Gasteiger partial charge in [-0.1, -0.05) is 30.3 Å². The van der Waals surface area contributed by atoms with Gasteiger partial charge in [0.15, 0.2) is 5.60 Å². The Hall–Kier alpha value is -2.75. The van der Waals surface area contributed by atoms with Crippen molar-refractivity contribution in [2.45, 2.75) is 50.9 Å². The highest BCUT2D eigenvalue weighted by atomic mass is 16.6. The van der Waals surface area contributed by atoms with E-state index in [4.69, 9.17) is 18.9 Å². The Bertz CT molecular complexity index is 1030. The molecule has 1 aromatic carbocycles. The average Bonchev–Trinajstić information content (AvgIpc) is 2.93. The highest BCUT2D eigenvalue weighted by Gasteiger charge is 2.58. The van der Waals surface area contributed by atoms with E-state index in [1.807, 2.05) is 30.3 Å². The van der Waals surface area contributed by atoms with Crippen LogP contribution >= 0.6 is 0 Å². The molecule has 2 aromatic rings. The van der Waals surface area contributed by atoms with E-state index >= 15 is 0 Å². The lowest BCUT2D eigenvalue weighted by atomic mass is 9.91. The number of benzene rings is 1. The Kier molecular flexibility index (Phi) is 5.59. The molecule has 0 spiro atoms. The van der Waals surface area contributed by atoms with Crippen LogP contribution in [-0.2, 0) is 30.3 Å². The van der Waals surface area contributed by atoms with Gasteiger partial charge in [0, 0.05) is 25.1 Å². The molecule has 0 aliphatic carbocycles. The number of fused-ring (bicyclic) bond motifs is 2. The van der Waals surface area contributed by atoms with Crippen LogP contribution in [0.15, 0.2) is 46.1 Å². The summed E-state index contributed by atoms with van der Waals surface area (Å²) in [6.07, 6.45) is 0.297. The van der Waals surface area contributed by atoms with E-state index in [0.29, 0.717) is 18.6 Å². The molecule has 0 amide bonds. The van der Waals surface area contributed by atoms with Crippen LogP contribution in [0.4, 0.5) is 0 Å². The molecule has 9 nitrogen and oxygen atoms in total. The number of nitrogens with zero attached hydrogens (tertiary/aromatic N) is 1. The summed E-state index contributed by atoms with van der Waals surface area (Å²) in [6.45, 7) is 3.38. The normalized spacial score (nSPS) is 27.7. The predicted molar refractivity (Wildman–Crippen MR) is 105 cm³/mol. The molecule has 3 heterocycles. The maximum absolute atomic E-state index is 12.4. The van der Waals surface area contributed by atoms with Crippen LogP contribution in [-0.4, -0.2) is 46.5 Å². The number of aromatic amines is 1. The van der Waals surface area contributed by atoms with E-state index in [9.17, 15) is 14.4 Å². The number of carbonyl (C=O) groups is 1. The third-order valence-electron chi connectivity index (χ3n) is 5.45. The maximum atomic E-state index is 12.4. The third-order valence-corrected chi connectivity index (χ3v) is 5.45. The maximum Gasteiger partial charge on any atom is 0.330 e. The molecule has 4 rings (SSSR count). The minimum atomic E-state index is -1.06. The number of aryl methyl sites for hydroxylation is 1. The van der Waals surface area contributed by atoms with Crippen molar-refractivity contribution in [3.63, 3.8) is 0 Å². The summed E-state index contributed by atoms with van der Waals surface area (Å²) in [4.78, 5) is 37.8. The van der Waals surface area contributed by atoms with Crippen molar-refractivity contribution >= 4 is 5.97 Å². The van der Waals surface area contributed by atoms with Crippen molar-refractivity contribution < 1.29 is 23.7 Å². The van der Waals surface area contributed by atoms with Gasteiger partial charge in [-0.2, -0.15) is 0 Å². The first-order chi connectivity index (χ1) is 14.4. The number of ether oxygens (including phenoxy) is 4. The molecule has 2 aliphatic heterocycles. The number of nitrogens with one attached hydrogen (secondary N) is 1. The van der Waals surface area contributed by atoms with Gasteiger partial charge in [-0.05, 0) is 12.5 Å². The van der Waals surface area contributed by atoms with Crippen molar-refractivity contribution in [2.24, 2.45) is 0 Å². The second-order valence-electron chi connectivity index (χ2n) is 7.70. The molecule has 2 bridgehead atoms. The van der Waals surface area contributed by atoms with Gasteiger partial charge < -0.3 is 18.9 Å². The average molecular weight is 416 g/mol. The SMILES string of the molecule is CC(=O)OC[C@@]12COC(C[C@H](n3cc(C)c(=O)[nH]c3=O)O1)[C@@H]2OCc1ccccc1. The molecule has 2 saturated heterocycles. The Balaban J connectivity index is 1.61. The zero-order valence-corrected chi connectivity index (χ0v) is 16.8. The van der Waals surface area contributed by atoms with Gasteiger partial charge in [0.05, 0.1) is 19.3 Å². The number of esters is 1. The second-order valence-corrected chi connectivity index (χ2v) is 7.70. The van der Waals surface area contributed by atoms with E-state index in [1.165, 1.54) is 17.7 Å². The number of rotatable bonds is 6. The number of aromatic nitrogens is 2. The van der Waals surface area contributed by atoms with Crippen molar-refractivity contribution in [3.05, 3.63) is 68.5 Å². The Labute approximate surface area is 172 Å². The predicted octanol–water partition coefficient (Wildman–Crippen LogP) is 1.05. The van der Waals surface area contributed by atoms with Crippen LogP contribution in [0.2, 0.25) is 0 Å². The smallest absolute Gasteiger partial charge is 0.330 e. The molecule has 4 atom stereocenters. The monoisotopic (exact) mass is 416 g/mol. The van der Waals surface area contributed by atoms with Gasteiger partial charge in [0.2, 0.25) is 0 Å². The van der Waals surface area contributed by atoms with Crippen molar-refractivity contribution in [1.82, 2.24) is 9.55 Å². The fourth-order valence-electron chi connectivity index (χ4n) is 3.94. The van der Waals surface area contributed by atoms with Crippen LogP contribution in [0.25, 0.3) is 0 Å². The lowest BCUT2D eigenvalue weighted by molar-refractivity contribution is -0.229. The molecular formula is C21H24N2O7. The molecule has 1 N–H and O–H groups in total. The minimum absolute atomic E-state index is 0.0636. The molecule has 1 unspecified atom stereocenters. The summed E-state index contributed by atoms with van der Waals surface area (Å²) < 4.78 is 25.0. The number of hydrogen-bond donors (Lipinski definition) is 1. The Morgan fingerprint density at radius 3 is 2.80 bits per heavy atom. The molecule has 0 saturated carbocycles. The van der Waals surface area contributed by atoms with Gasteiger partial charge in [0.25, 0.3) is 5.56 Å². The molecular weight excluding hydrogens is 392 g/mol. The molecule has 2 fully saturated rings. The summed E-state index contributed by atoms with van der Waals surface area (Å²) in [6, 6.07) is 9.69. The van der Waals surface area contributed by atoms with Crippen LogP contribution < -0.4 is 11.2 Å². The lowest BCUT2D eigenvalue weighted by Crippen LogP contribution is -2.57. The minimum Gasteiger partial charge on any atom is -0.463 e. The number of hydrogen-bond acceptors (Lipinski definition) is 7. The number of H-pyrrole nitrogens is 1. The van der Waals surface area contributed by atoms with Crippen molar-refractivity contribution in [1.29, 1.82) is 0 Å². The molecule has 1 aromatic heterocycles. The summed E-state index contributed by atoms with van der Waals surface area (Å²) >= 11 is 0. The summed E-state index contributed by atoms with van der Waals surface area (Å²) in [7, 11) is 0. The largest absolute Gasteiger partial charge is 0.463 e. The van der Waals surface area contributed by atoms with Gasteiger partial charge in [-0.25, -0.2) is 4.79 Å². The van der Waals surface area contributed by atoms with Crippen molar-refractivity contribution in [2.75, 3.05) is 13.2 Å². The van der Waals surface area contributed by atoms with E-state index in [-0.39, 0.29) is 19.3 Å². The first-order valence-corrected chi connectivity index (χ1v) is 9.78. The van der Waals surface area contributed by atoms with Gasteiger partial charge in [0.1, 0.15) is 18.9 Å². The highest BCUT2D eigenvalue weighted by Crippen LogP contribution is 2.43. The highest BCUT2D eigenvalue weighted by molar-refractivity contribution is 5.66. The fourth-order valence-corrected chi connectivity index (χ4v) is 3.94. The molecule has 2 aliphatic rings. The zero-order chi connectivity index (χ0) is 21.3. The summed E-state index contributed by atoms with van der Waals surface area (Å²) in [5.41, 5.74) is -0.680. The fraction of sp³-hybridized carbons (Fsp3) is 0.476. The quantitative estimate of drug-likeness (QED) is 0.701. The molecule has 0 radical (unpaired) electrons. The standard InChI is InChI=1S/C21H24N2O7/c1-13-9-23(20(26)22-19(13)25)17-8-16-18(27-10-15-6-4-3-5-7-15)21(30-17,12-29-16)11-28-14(2)24/h3-7,9,16-18H,8,10-12H2,1-2H3,(H,22,25,26)/t16?,17-,18+,21+/m1/s1. The molecule has 30 heavy (non-hydrogen) atoms. The summed E-state index contributed by atoms with van der Waals surface area (Å²) in [5, 5.41) is 0. The first-order valence-electron chi connectivity index (χ1n) is 9.78. The van der Waals surface area contributed by atoms with Gasteiger partial charge >= 0.3 is 11.7 Å². The summed E-state index contributed by atoms with van der Waals surface area (Å²) in [5.74, 6) is -0.447. The molecule has 9 heteroatoms. The first kappa shape index (κ1) is 20.5. The lowest BCUT2D eigenvalue weighted by Gasteiger charge is -2.42. The second kappa shape index (κ2) is 8.17. The third kappa shape index (κ3) is 3.96. The Morgan fingerprint density at radius 2 is 2.07 bits per heavy atom. The van der Waals surface area contributed by atoms with E-state index in [0.717, 1.165) is 5.56 Å². The number of carbonyl (C=O) groups excluding carboxylic acids is 1. The van der Waals surface area contributed by atoms with Crippen LogP contribution in [0.5, 0.6) is 0 Å². The molecule has 160 valence electrons. The topological polar surface area (TPSA) is 109 Å². The zero-order valence-electron chi connectivity index (χ0n) is 16.8. The van der Waals surface area contributed by atoms with Gasteiger partial charge in [-0.15, -0.1) is 0 Å². The van der Waals surface area contributed by atoms with E-state index in [2.05, 4.69) is 4.98 Å². The van der Waals surface area contributed by atoms with Crippen LogP contribution in [0.1, 0.15) is 30.7 Å². The Morgan fingerprint density at radius 1 is 1.30 bits per heavy atom. The van der Waals surface area contributed by atoms with Gasteiger partial charge in [-0.3, -0.25) is 19.1 Å². The van der Waals surface area contributed by atoms with Crippen LogP contribution in [0, 0.1) is 6.92 Å². The van der Waals surface area contributed by atoms with Crippen molar-refractivity contribution in [3.8, 4) is 0 Å². The van der Waals surface area contributed by atoms with Crippen LogP contribution in [0.3, 0.4) is 0 Å². The van der Waals surface area contributed by atoms with E-state index < -0.39 is 35.2 Å². The van der Waals surface area contributed by atoms with E-state index in [1.54, 1.807) is 6.92 Å².